The number of ether oxygens (including phenoxy) is 1. The monoisotopic (exact) mass is 271 g/mol. The van der Waals surface area contributed by atoms with Crippen LogP contribution in [0, 0.1) is 5.92 Å². The van der Waals surface area contributed by atoms with Gasteiger partial charge in [0.1, 0.15) is 5.54 Å². The SMILES string of the molecule is CCCC(C)COC1CCC(NC(C)C)(C(=O)O)C1. The van der Waals surface area contributed by atoms with Crippen LogP contribution in [0.1, 0.15) is 59.8 Å². The Balaban J connectivity index is 2.47. The highest BCUT2D eigenvalue weighted by molar-refractivity contribution is 5.79. The van der Waals surface area contributed by atoms with E-state index >= 15 is 0 Å². The standard InChI is InChI=1S/C15H29NO3/c1-5-6-12(4)10-19-13-7-8-15(9-13,14(17)18)16-11(2)3/h11-13,16H,5-10H2,1-4H3,(H,17,18). The first kappa shape index (κ1) is 16.4. The van der Waals surface area contributed by atoms with E-state index in [1.54, 1.807) is 0 Å². The molecule has 0 saturated heterocycles. The van der Waals surface area contributed by atoms with Crippen molar-refractivity contribution >= 4 is 5.97 Å². The van der Waals surface area contributed by atoms with Crippen LogP contribution in [-0.2, 0) is 9.53 Å². The topological polar surface area (TPSA) is 58.6 Å². The number of hydrogen-bond donors (Lipinski definition) is 2. The number of carboxylic acid groups (broad SMARTS) is 1. The van der Waals surface area contributed by atoms with Crippen LogP contribution < -0.4 is 5.32 Å². The molecule has 2 N–H and O–H groups in total. The maximum absolute atomic E-state index is 11.5. The Morgan fingerprint density at radius 3 is 2.68 bits per heavy atom. The molecule has 0 radical (unpaired) electrons. The molecule has 4 nitrogen and oxygen atoms in total. The van der Waals surface area contributed by atoms with Crippen LogP contribution in [0.4, 0.5) is 0 Å². The van der Waals surface area contributed by atoms with Gasteiger partial charge in [0.05, 0.1) is 6.10 Å². The van der Waals surface area contributed by atoms with E-state index in [0.29, 0.717) is 18.8 Å². The van der Waals surface area contributed by atoms with Crippen LogP contribution in [0.25, 0.3) is 0 Å². The Hall–Kier alpha value is -0.610. The van der Waals surface area contributed by atoms with E-state index in [9.17, 15) is 9.90 Å². The second-order valence-corrected chi connectivity index (χ2v) is 6.28. The highest BCUT2D eigenvalue weighted by atomic mass is 16.5. The van der Waals surface area contributed by atoms with Crippen molar-refractivity contribution in [2.75, 3.05) is 6.61 Å². The van der Waals surface area contributed by atoms with E-state index in [1.165, 1.54) is 12.8 Å². The largest absolute Gasteiger partial charge is 0.480 e. The van der Waals surface area contributed by atoms with Crippen LogP contribution in [-0.4, -0.2) is 35.4 Å². The first-order chi connectivity index (χ1) is 8.89. The second-order valence-electron chi connectivity index (χ2n) is 6.28. The molecule has 1 aliphatic rings. The zero-order valence-corrected chi connectivity index (χ0v) is 12.7. The summed E-state index contributed by atoms with van der Waals surface area (Å²) in [7, 11) is 0. The minimum Gasteiger partial charge on any atom is -0.480 e. The molecule has 1 saturated carbocycles. The fourth-order valence-electron chi connectivity index (χ4n) is 2.96. The molecule has 1 fully saturated rings. The second kappa shape index (κ2) is 7.25. The smallest absolute Gasteiger partial charge is 0.324 e. The number of carbonyl (C=O) groups is 1. The minimum atomic E-state index is -0.785. The van der Waals surface area contributed by atoms with Crippen molar-refractivity contribution in [2.45, 2.75) is 77.5 Å². The summed E-state index contributed by atoms with van der Waals surface area (Å²) >= 11 is 0. The van der Waals surface area contributed by atoms with Crippen LogP contribution in [0.2, 0.25) is 0 Å². The molecule has 0 aliphatic heterocycles. The molecule has 112 valence electrons. The number of rotatable bonds is 8. The Morgan fingerprint density at radius 2 is 2.16 bits per heavy atom. The van der Waals surface area contributed by atoms with E-state index < -0.39 is 11.5 Å². The summed E-state index contributed by atoms with van der Waals surface area (Å²) in [6.07, 6.45) is 4.50. The molecular weight excluding hydrogens is 242 g/mol. The molecule has 0 amide bonds. The molecule has 0 aromatic rings. The fraction of sp³-hybridized carbons (Fsp3) is 0.933. The van der Waals surface area contributed by atoms with E-state index in [4.69, 9.17) is 4.74 Å². The van der Waals surface area contributed by atoms with Gasteiger partial charge in [0.25, 0.3) is 0 Å². The normalized spacial score (nSPS) is 28.8. The van der Waals surface area contributed by atoms with Crippen molar-refractivity contribution in [2.24, 2.45) is 5.92 Å². The van der Waals surface area contributed by atoms with Crippen molar-refractivity contribution in [1.82, 2.24) is 5.32 Å². The van der Waals surface area contributed by atoms with Gasteiger partial charge in [0.2, 0.25) is 0 Å². The Kier molecular flexibility index (Phi) is 6.27. The third-order valence-corrected chi connectivity index (χ3v) is 3.84. The highest BCUT2D eigenvalue weighted by Gasteiger charge is 2.46. The summed E-state index contributed by atoms with van der Waals surface area (Å²) in [5.74, 6) is -0.184. The average molecular weight is 271 g/mol. The molecule has 1 rings (SSSR count). The van der Waals surface area contributed by atoms with Gasteiger partial charge in [-0.15, -0.1) is 0 Å². The number of carboxylic acids is 1. The van der Waals surface area contributed by atoms with E-state index in [-0.39, 0.29) is 12.1 Å². The third kappa shape index (κ3) is 4.77. The zero-order valence-electron chi connectivity index (χ0n) is 12.7. The lowest BCUT2D eigenvalue weighted by Crippen LogP contribution is -2.53. The van der Waals surface area contributed by atoms with E-state index in [2.05, 4.69) is 19.2 Å². The lowest BCUT2D eigenvalue weighted by atomic mass is 9.96. The molecule has 1 aliphatic carbocycles. The van der Waals surface area contributed by atoms with Crippen molar-refractivity contribution in [3.63, 3.8) is 0 Å². The summed E-state index contributed by atoms with van der Waals surface area (Å²) in [6, 6.07) is 0.175. The maximum Gasteiger partial charge on any atom is 0.324 e. The zero-order chi connectivity index (χ0) is 14.5. The molecule has 3 unspecified atom stereocenters. The molecule has 19 heavy (non-hydrogen) atoms. The predicted octanol–water partition coefficient (Wildman–Crippen LogP) is 2.81. The van der Waals surface area contributed by atoms with Gasteiger partial charge < -0.3 is 9.84 Å². The van der Waals surface area contributed by atoms with Crippen LogP contribution >= 0.6 is 0 Å². The van der Waals surface area contributed by atoms with E-state index in [0.717, 1.165) is 13.0 Å². The van der Waals surface area contributed by atoms with Crippen LogP contribution in [0.5, 0.6) is 0 Å². The predicted molar refractivity (Wildman–Crippen MR) is 76.3 cm³/mol. The van der Waals surface area contributed by atoms with Crippen molar-refractivity contribution in [3.05, 3.63) is 0 Å². The quantitative estimate of drug-likeness (QED) is 0.712. The Labute approximate surface area is 116 Å². The van der Waals surface area contributed by atoms with Crippen LogP contribution in [0.15, 0.2) is 0 Å². The number of nitrogens with one attached hydrogen (secondary N) is 1. The summed E-state index contributed by atoms with van der Waals surface area (Å²) in [4.78, 5) is 11.5. The summed E-state index contributed by atoms with van der Waals surface area (Å²) < 4.78 is 5.90. The number of aliphatic carboxylic acids is 1. The van der Waals surface area contributed by atoms with Gasteiger partial charge in [0.15, 0.2) is 0 Å². The molecule has 0 aromatic heterocycles. The first-order valence-electron chi connectivity index (χ1n) is 7.52. The van der Waals surface area contributed by atoms with E-state index in [1.807, 2.05) is 13.8 Å². The molecule has 0 heterocycles. The van der Waals surface area contributed by atoms with Gasteiger partial charge >= 0.3 is 5.97 Å². The van der Waals surface area contributed by atoms with Gasteiger partial charge in [-0.2, -0.15) is 0 Å². The molecule has 3 atom stereocenters. The molecule has 0 spiro atoms. The molecule has 4 heteroatoms. The molecule has 0 bridgehead atoms. The highest BCUT2D eigenvalue weighted by Crippen LogP contribution is 2.33. The third-order valence-electron chi connectivity index (χ3n) is 3.84. The first-order valence-corrected chi connectivity index (χ1v) is 7.52. The summed E-state index contributed by atoms with van der Waals surface area (Å²) in [6.45, 7) is 9.09. The minimum absolute atomic E-state index is 0.0849. The molecular formula is C15H29NO3. The van der Waals surface area contributed by atoms with Gasteiger partial charge in [0, 0.05) is 19.1 Å². The lowest BCUT2D eigenvalue weighted by molar-refractivity contribution is -0.145. The maximum atomic E-state index is 11.5. The summed E-state index contributed by atoms with van der Waals surface area (Å²) in [5, 5.41) is 12.7. The van der Waals surface area contributed by atoms with Crippen molar-refractivity contribution in [1.29, 1.82) is 0 Å². The van der Waals surface area contributed by atoms with Crippen molar-refractivity contribution in [3.8, 4) is 0 Å². The van der Waals surface area contributed by atoms with Gasteiger partial charge in [-0.3, -0.25) is 10.1 Å². The lowest BCUT2D eigenvalue weighted by Gasteiger charge is -2.28. The van der Waals surface area contributed by atoms with Gasteiger partial charge in [-0.05, 0) is 39.0 Å². The number of hydrogen-bond acceptors (Lipinski definition) is 3. The Morgan fingerprint density at radius 1 is 1.47 bits per heavy atom. The summed E-state index contributed by atoms with van der Waals surface area (Å²) in [5.41, 5.74) is -0.785. The van der Waals surface area contributed by atoms with Crippen molar-refractivity contribution < 1.29 is 14.6 Å². The molecule has 0 aromatic carbocycles. The van der Waals surface area contributed by atoms with Gasteiger partial charge in [-0.1, -0.05) is 20.3 Å². The average Bonchev–Trinajstić information content (AvgIpc) is 2.71. The Bertz CT molecular complexity index is 293. The van der Waals surface area contributed by atoms with Crippen LogP contribution in [0.3, 0.4) is 0 Å². The fourth-order valence-corrected chi connectivity index (χ4v) is 2.96. The van der Waals surface area contributed by atoms with Gasteiger partial charge in [-0.25, -0.2) is 0 Å².